The summed E-state index contributed by atoms with van der Waals surface area (Å²) < 4.78 is 1.87. The Balaban J connectivity index is 1.54. The predicted molar refractivity (Wildman–Crippen MR) is 96.4 cm³/mol. The molecule has 2 aromatic rings. The Morgan fingerprint density at radius 1 is 1.29 bits per heavy atom. The van der Waals surface area contributed by atoms with E-state index in [0.29, 0.717) is 6.54 Å². The van der Waals surface area contributed by atoms with E-state index in [4.69, 9.17) is 0 Å². The minimum atomic E-state index is 0.703. The Bertz CT molecular complexity index is 697. The van der Waals surface area contributed by atoms with Crippen LogP contribution >= 0.6 is 0 Å². The lowest BCUT2D eigenvalue weighted by atomic mass is 9.85. The summed E-state index contributed by atoms with van der Waals surface area (Å²) in [5.41, 5.74) is 3.21. The third-order valence-electron chi connectivity index (χ3n) is 4.50. The maximum Gasteiger partial charge on any atom is 0.191 e. The van der Waals surface area contributed by atoms with Gasteiger partial charge in [0, 0.05) is 32.0 Å². The van der Waals surface area contributed by atoms with Crippen molar-refractivity contribution >= 4 is 5.96 Å². The van der Waals surface area contributed by atoms with Gasteiger partial charge in [0.25, 0.3) is 0 Å². The quantitative estimate of drug-likeness (QED) is 0.654. The van der Waals surface area contributed by atoms with Crippen LogP contribution in [0.4, 0.5) is 0 Å². The number of aliphatic imine (C=N–C) groups is 1. The van der Waals surface area contributed by atoms with Gasteiger partial charge in [-0.3, -0.25) is 4.99 Å². The molecule has 0 saturated heterocycles. The van der Waals surface area contributed by atoms with Crippen LogP contribution < -0.4 is 10.6 Å². The topological polar surface area (TPSA) is 67.1 Å². The van der Waals surface area contributed by atoms with Crippen LogP contribution in [0, 0.1) is 19.8 Å². The molecule has 0 aromatic carbocycles. The molecule has 0 bridgehead atoms. The largest absolute Gasteiger partial charge is 0.356 e. The van der Waals surface area contributed by atoms with Crippen LogP contribution in [0.25, 0.3) is 5.82 Å². The van der Waals surface area contributed by atoms with Crippen LogP contribution in [-0.2, 0) is 6.54 Å². The lowest BCUT2D eigenvalue weighted by Gasteiger charge is -2.26. The van der Waals surface area contributed by atoms with E-state index in [-0.39, 0.29) is 0 Å². The van der Waals surface area contributed by atoms with Crippen molar-refractivity contribution in [3.8, 4) is 5.82 Å². The molecule has 128 valence electrons. The van der Waals surface area contributed by atoms with E-state index in [0.717, 1.165) is 41.2 Å². The highest BCUT2D eigenvalue weighted by Gasteiger charge is 2.17. The van der Waals surface area contributed by atoms with Gasteiger partial charge in [0.2, 0.25) is 0 Å². The first-order chi connectivity index (χ1) is 11.7. The van der Waals surface area contributed by atoms with Crippen LogP contribution in [0.15, 0.2) is 29.4 Å². The molecule has 1 aliphatic rings. The molecular formula is C18H26N6. The average molecular weight is 326 g/mol. The molecule has 0 aliphatic heterocycles. The molecular weight excluding hydrogens is 300 g/mol. The number of nitrogens with one attached hydrogen (secondary N) is 2. The molecule has 0 atom stereocenters. The molecule has 0 radical (unpaired) electrons. The van der Waals surface area contributed by atoms with Gasteiger partial charge in [-0.1, -0.05) is 12.5 Å². The Kier molecular flexibility index (Phi) is 5.13. The zero-order chi connectivity index (χ0) is 16.9. The van der Waals surface area contributed by atoms with Crippen LogP contribution in [0.3, 0.4) is 0 Å². The molecule has 1 aliphatic carbocycles. The molecule has 2 aromatic heterocycles. The van der Waals surface area contributed by atoms with Gasteiger partial charge >= 0.3 is 0 Å². The van der Waals surface area contributed by atoms with E-state index in [1.807, 2.05) is 30.8 Å². The SMILES string of the molecule is CN=C(NCc1ccc(-n2nc(C)cc2C)nc1)NCC1CCC1. The summed E-state index contributed by atoms with van der Waals surface area (Å²) in [5, 5.41) is 11.2. The highest BCUT2D eigenvalue weighted by Crippen LogP contribution is 2.25. The summed E-state index contributed by atoms with van der Waals surface area (Å²) in [4.78, 5) is 8.80. The highest BCUT2D eigenvalue weighted by atomic mass is 15.3. The summed E-state index contributed by atoms with van der Waals surface area (Å²) >= 11 is 0. The Morgan fingerprint density at radius 3 is 2.67 bits per heavy atom. The molecule has 2 heterocycles. The highest BCUT2D eigenvalue weighted by molar-refractivity contribution is 5.79. The van der Waals surface area contributed by atoms with Crippen molar-refractivity contribution in [3.05, 3.63) is 41.3 Å². The van der Waals surface area contributed by atoms with Crippen molar-refractivity contribution in [2.75, 3.05) is 13.6 Å². The maximum absolute atomic E-state index is 4.52. The molecule has 0 spiro atoms. The number of aromatic nitrogens is 3. The minimum absolute atomic E-state index is 0.703. The maximum atomic E-state index is 4.52. The Morgan fingerprint density at radius 2 is 2.12 bits per heavy atom. The van der Waals surface area contributed by atoms with Crippen LogP contribution in [0.5, 0.6) is 0 Å². The van der Waals surface area contributed by atoms with Crippen LogP contribution in [0.1, 0.15) is 36.2 Å². The Labute approximate surface area is 143 Å². The summed E-state index contributed by atoms with van der Waals surface area (Å²) in [7, 11) is 1.81. The van der Waals surface area contributed by atoms with Gasteiger partial charge in [0.05, 0.1) is 5.69 Å². The monoisotopic (exact) mass is 326 g/mol. The first kappa shape index (κ1) is 16.5. The smallest absolute Gasteiger partial charge is 0.191 e. The zero-order valence-electron chi connectivity index (χ0n) is 14.7. The van der Waals surface area contributed by atoms with Gasteiger partial charge in [-0.2, -0.15) is 5.10 Å². The molecule has 3 rings (SSSR count). The molecule has 0 amide bonds. The lowest BCUT2D eigenvalue weighted by Crippen LogP contribution is -2.40. The van der Waals surface area contributed by atoms with Gasteiger partial charge in [0.1, 0.15) is 0 Å². The normalized spacial score (nSPS) is 15.2. The van der Waals surface area contributed by atoms with Crippen LogP contribution in [0.2, 0.25) is 0 Å². The third-order valence-corrected chi connectivity index (χ3v) is 4.50. The second kappa shape index (κ2) is 7.47. The minimum Gasteiger partial charge on any atom is -0.356 e. The molecule has 6 heteroatoms. The molecule has 1 saturated carbocycles. The molecule has 2 N–H and O–H groups in total. The van der Waals surface area contributed by atoms with Crippen molar-refractivity contribution in [1.29, 1.82) is 0 Å². The first-order valence-electron chi connectivity index (χ1n) is 8.59. The van der Waals surface area contributed by atoms with E-state index < -0.39 is 0 Å². The first-order valence-corrected chi connectivity index (χ1v) is 8.59. The van der Waals surface area contributed by atoms with Crippen molar-refractivity contribution in [2.24, 2.45) is 10.9 Å². The van der Waals surface area contributed by atoms with Gasteiger partial charge < -0.3 is 10.6 Å². The molecule has 24 heavy (non-hydrogen) atoms. The summed E-state index contributed by atoms with van der Waals surface area (Å²) in [5.74, 6) is 2.51. The standard InChI is InChI=1S/C18H26N6/c1-13-9-14(2)24(23-13)17-8-7-16(11-20-17)12-22-18(19-3)21-10-15-5-4-6-15/h7-9,11,15H,4-6,10,12H2,1-3H3,(H2,19,21,22). The molecule has 1 fully saturated rings. The fraction of sp³-hybridized carbons (Fsp3) is 0.500. The molecule has 6 nitrogen and oxygen atoms in total. The van der Waals surface area contributed by atoms with E-state index in [1.165, 1.54) is 19.3 Å². The van der Waals surface area contributed by atoms with Gasteiger partial charge in [-0.25, -0.2) is 9.67 Å². The summed E-state index contributed by atoms with van der Waals surface area (Å²) in [6.45, 7) is 5.74. The van der Waals surface area contributed by atoms with E-state index in [2.05, 4.69) is 37.8 Å². The van der Waals surface area contributed by atoms with Crippen molar-refractivity contribution in [3.63, 3.8) is 0 Å². The number of pyridine rings is 1. The van der Waals surface area contributed by atoms with Crippen molar-refractivity contribution in [2.45, 2.75) is 39.7 Å². The second-order valence-electron chi connectivity index (χ2n) is 6.47. The number of nitrogens with zero attached hydrogens (tertiary/aromatic N) is 4. The zero-order valence-corrected chi connectivity index (χ0v) is 14.7. The van der Waals surface area contributed by atoms with Crippen molar-refractivity contribution < 1.29 is 0 Å². The number of hydrogen-bond donors (Lipinski definition) is 2. The van der Waals surface area contributed by atoms with Gasteiger partial charge in [-0.15, -0.1) is 0 Å². The number of guanidine groups is 1. The summed E-state index contributed by atoms with van der Waals surface area (Å²) in [6.07, 6.45) is 5.92. The van der Waals surface area contributed by atoms with E-state index >= 15 is 0 Å². The predicted octanol–water partition coefficient (Wildman–Crippen LogP) is 2.35. The third kappa shape index (κ3) is 3.93. The van der Waals surface area contributed by atoms with E-state index in [1.54, 1.807) is 7.05 Å². The van der Waals surface area contributed by atoms with E-state index in [9.17, 15) is 0 Å². The fourth-order valence-corrected chi connectivity index (χ4v) is 2.85. The Hall–Kier alpha value is -2.37. The van der Waals surface area contributed by atoms with Crippen molar-refractivity contribution in [1.82, 2.24) is 25.4 Å². The number of rotatable bonds is 5. The van der Waals surface area contributed by atoms with Crippen LogP contribution in [-0.4, -0.2) is 34.3 Å². The van der Waals surface area contributed by atoms with Gasteiger partial charge in [-0.05, 0) is 50.3 Å². The molecule has 0 unspecified atom stereocenters. The van der Waals surface area contributed by atoms with Gasteiger partial charge in [0.15, 0.2) is 11.8 Å². The summed E-state index contributed by atoms with van der Waals surface area (Å²) in [6, 6.07) is 6.13. The number of hydrogen-bond acceptors (Lipinski definition) is 3. The second-order valence-corrected chi connectivity index (χ2v) is 6.47. The fourth-order valence-electron chi connectivity index (χ4n) is 2.85. The lowest BCUT2D eigenvalue weighted by molar-refractivity contribution is 0.314. The number of aryl methyl sites for hydroxylation is 2. The average Bonchev–Trinajstić information content (AvgIpc) is 2.88.